The lowest BCUT2D eigenvalue weighted by atomic mass is 9.73. The van der Waals surface area contributed by atoms with E-state index in [1.165, 1.54) is 0 Å². The monoisotopic (exact) mass is 377 g/mol. The van der Waals surface area contributed by atoms with Crippen molar-refractivity contribution in [1.29, 1.82) is 0 Å². The summed E-state index contributed by atoms with van der Waals surface area (Å²) in [5.41, 5.74) is 6.98. The molecule has 6 heteroatoms. The van der Waals surface area contributed by atoms with Gasteiger partial charge in [-0.1, -0.05) is 12.1 Å². The van der Waals surface area contributed by atoms with Crippen LogP contribution in [0.1, 0.15) is 24.2 Å². The van der Waals surface area contributed by atoms with Gasteiger partial charge in [0.1, 0.15) is 17.3 Å². The summed E-state index contributed by atoms with van der Waals surface area (Å²) in [6.45, 7) is 3.02. The summed E-state index contributed by atoms with van der Waals surface area (Å²) in [7, 11) is 0. The Morgan fingerprint density at radius 1 is 1.14 bits per heavy atom. The second kappa shape index (κ2) is 7.48. The highest BCUT2D eigenvalue weighted by Gasteiger charge is 2.40. The summed E-state index contributed by atoms with van der Waals surface area (Å²) in [6, 6.07) is 15.4. The van der Waals surface area contributed by atoms with Gasteiger partial charge in [-0.15, -0.1) is 0 Å². The molecule has 0 radical (unpaired) electrons. The third-order valence-corrected chi connectivity index (χ3v) is 5.38. The molecular weight excluding hydrogens is 354 g/mol. The molecule has 0 unspecified atom stereocenters. The molecule has 1 amide bonds. The Hall–Kier alpha value is -3.12. The maximum absolute atomic E-state index is 12.2. The molecule has 4 rings (SSSR count). The van der Waals surface area contributed by atoms with Crippen LogP contribution < -0.4 is 10.5 Å². The number of hydrogen-bond acceptors (Lipinski definition) is 4. The minimum Gasteiger partial charge on any atom is -0.457 e. The van der Waals surface area contributed by atoms with Crippen molar-refractivity contribution >= 4 is 5.91 Å². The lowest BCUT2D eigenvalue weighted by Crippen LogP contribution is -2.45. The number of aromatic nitrogens is 2. The molecule has 0 aliphatic carbocycles. The minimum atomic E-state index is -0.694. The summed E-state index contributed by atoms with van der Waals surface area (Å²) in [5, 5.41) is 0. The van der Waals surface area contributed by atoms with E-state index in [0.29, 0.717) is 31.8 Å². The van der Waals surface area contributed by atoms with Gasteiger partial charge < -0.3 is 19.8 Å². The molecule has 2 aromatic carbocycles. The number of imidazole rings is 1. The average molecular weight is 377 g/mol. The van der Waals surface area contributed by atoms with E-state index in [4.69, 9.17) is 15.2 Å². The standard InChI is InChI=1S/C22H23N3O3/c1-16-24-11-12-25(16)18-5-7-19(8-6-18)28-20-4-2-3-17(15-20)22(21(23)26)9-13-27-14-10-22/h2-8,11-12,15H,9-10,13-14H2,1H3,(H2,23,26). The number of ether oxygens (including phenoxy) is 2. The van der Waals surface area contributed by atoms with E-state index in [0.717, 1.165) is 22.8 Å². The van der Waals surface area contributed by atoms with E-state index in [1.807, 2.05) is 66.2 Å². The molecule has 1 aliphatic rings. The molecule has 1 aromatic heterocycles. The molecule has 0 bridgehead atoms. The van der Waals surface area contributed by atoms with Crippen LogP contribution in [0, 0.1) is 6.92 Å². The van der Waals surface area contributed by atoms with Crippen LogP contribution in [0.15, 0.2) is 60.9 Å². The summed E-state index contributed by atoms with van der Waals surface area (Å²) in [6.07, 6.45) is 4.87. The van der Waals surface area contributed by atoms with E-state index >= 15 is 0 Å². The van der Waals surface area contributed by atoms with Crippen LogP contribution in [0.3, 0.4) is 0 Å². The van der Waals surface area contributed by atoms with E-state index < -0.39 is 5.41 Å². The fraction of sp³-hybridized carbons (Fsp3) is 0.273. The van der Waals surface area contributed by atoms with Crippen molar-refractivity contribution in [3.63, 3.8) is 0 Å². The van der Waals surface area contributed by atoms with Crippen LogP contribution in [-0.4, -0.2) is 28.7 Å². The number of nitrogens with two attached hydrogens (primary N) is 1. The van der Waals surface area contributed by atoms with Gasteiger partial charge in [-0.25, -0.2) is 4.98 Å². The number of benzene rings is 2. The number of carbonyl (C=O) groups is 1. The molecule has 28 heavy (non-hydrogen) atoms. The van der Waals surface area contributed by atoms with Gasteiger partial charge in [0.2, 0.25) is 5.91 Å². The highest BCUT2D eigenvalue weighted by molar-refractivity contribution is 5.87. The summed E-state index contributed by atoms with van der Waals surface area (Å²) in [5.74, 6) is 2.01. The summed E-state index contributed by atoms with van der Waals surface area (Å²) >= 11 is 0. The van der Waals surface area contributed by atoms with E-state index in [2.05, 4.69) is 4.98 Å². The average Bonchev–Trinajstić information content (AvgIpc) is 3.15. The molecule has 2 heterocycles. The van der Waals surface area contributed by atoms with Crippen LogP contribution >= 0.6 is 0 Å². The van der Waals surface area contributed by atoms with Gasteiger partial charge >= 0.3 is 0 Å². The number of aryl methyl sites for hydroxylation is 1. The summed E-state index contributed by atoms with van der Waals surface area (Å²) < 4.78 is 13.5. The van der Waals surface area contributed by atoms with Crippen molar-refractivity contribution in [3.05, 3.63) is 72.3 Å². The zero-order valence-electron chi connectivity index (χ0n) is 15.8. The number of carbonyl (C=O) groups excluding carboxylic acids is 1. The number of rotatable bonds is 5. The van der Waals surface area contributed by atoms with Crippen LogP contribution in [-0.2, 0) is 14.9 Å². The van der Waals surface area contributed by atoms with Gasteiger partial charge in [-0.2, -0.15) is 0 Å². The van der Waals surface area contributed by atoms with Gasteiger partial charge in [0.25, 0.3) is 0 Å². The Kier molecular flexibility index (Phi) is 4.88. The molecule has 0 atom stereocenters. The number of primary amides is 1. The van der Waals surface area contributed by atoms with E-state index in [9.17, 15) is 4.79 Å². The number of hydrogen-bond donors (Lipinski definition) is 1. The predicted octanol–water partition coefficient (Wildman–Crippen LogP) is 3.51. The van der Waals surface area contributed by atoms with Crippen molar-refractivity contribution < 1.29 is 14.3 Å². The lowest BCUT2D eigenvalue weighted by molar-refractivity contribution is -0.127. The molecule has 1 saturated heterocycles. The third-order valence-electron chi connectivity index (χ3n) is 5.38. The van der Waals surface area contributed by atoms with Crippen molar-refractivity contribution in [2.75, 3.05) is 13.2 Å². The highest BCUT2D eigenvalue weighted by Crippen LogP contribution is 2.37. The summed E-state index contributed by atoms with van der Waals surface area (Å²) in [4.78, 5) is 16.5. The SMILES string of the molecule is Cc1nccn1-c1ccc(Oc2cccc(C3(C(N)=O)CCOCC3)c2)cc1. The zero-order chi connectivity index (χ0) is 19.6. The second-order valence-electron chi connectivity index (χ2n) is 7.03. The molecule has 6 nitrogen and oxygen atoms in total. The number of nitrogens with zero attached hydrogens (tertiary/aromatic N) is 2. The Morgan fingerprint density at radius 2 is 1.89 bits per heavy atom. The fourth-order valence-electron chi connectivity index (χ4n) is 3.72. The van der Waals surface area contributed by atoms with Crippen LogP contribution in [0.25, 0.3) is 5.69 Å². The van der Waals surface area contributed by atoms with E-state index in [1.54, 1.807) is 6.20 Å². The first-order chi connectivity index (χ1) is 13.6. The maximum Gasteiger partial charge on any atom is 0.228 e. The van der Waals surface area contributed by atoms with Crippen molar-refractivity contribution in [3.8, 4) is 17.2 Å². The van der Waals surface area contributed by atoms with Gasteiger partial charge in [-0.05, 0) is 61.7 Å². The molecule has 144 valence electrons. The van der Waals surface area contributed by atoms with Crippen LogP contribution in [0.5, 0.6) is 11.5 Å². The minimum absolute atomic E-state index is 0.312. The molecule has 2 N–H and O–H groups in total. The molecule has 1 aliphatic heterocycles. The second-order valence-corrected chi connectivity index (χ2v) is 7.03. The van der Waals surface area contributed by atoms with Gasteiger partial charge in [0.05, 0.1) is 5.41 Å². The fourth-order valence-corrected chi connectivity index (χ4v) is 3.72. The van der Waals surface area contributed by atoms with Crippen LogP contribution in [0.4, 0.5) is 0 Å². The van der Waals surface area contributed by atoms with Gasteiger partial charge in [0, 0.05) is 31.3 Å². The maximum atomic E-state index is 12.2. The zero-order valence-corrected chi connectivity index (χ0v) is 15.8. The Morgan fingerprint density at radius 3 is 2.54 bits per heavy atom. The lowest BCUT2D eigenvalue weighted by Gasteiger charge is -2.34. The van der Waals surface area contributed by atoms with Gasteiger partial charge in [0.15, 0.2) is 0 Å². The first-order valence-electron chi connectivity index (χ1n) is 9.35. The topological polar surface area (TPSA) is 79.4 Å². The molecule has 3 aromatic rings. The van der Waals surface area contributed by atoms with Gasteiger partial charge in [-0.3, -0.25) is 4.79 Å². The molecular formula is C22H23N3O3. The quantitative estimate of drug-likeness (QED) is 0.738. The van der Waals surface area contributed by atoms with Crippen molar-refractivity contribution in [2.45, 2.75) is 25.2 Å². The normalized spacial score (nSPS) is 15.9. The molecule has 1 fully saturated rings. The first kappa shape index (κ1) is 18.3. The Labute approximate surface area is 163 Å². The van der Waals surface area contributed by atoms with E-state index in [-0.39, 0.29) is 5.91 Å². The first-order valence-corrected chi connectivity index (χ1v) is 9.35. The smallest absolute Gasteiger partial charge is 0.228 e. The van der Waals surface area contributed by atoms with Crippen molar-refractivity contribution in [2.24, 2.45) is 5.73 Å². The Bertz CT molecular complexity index is 973. The van der Waals surface area contributed by atoms with Crippen molar-refractivity contribution in [1.82, 2.24) is 9.55 Å². The molecule has 0 saturated carbocycles. The third kappa shape index (κ3) is 3.39. The molecule has 0 spiro atoms. The predicted molar refractivity (Wildman–Crippen MR) is 106 cm³/mol. The van der Waals surface area contributed by atoms with Crippen LogP contribution in [0.2, 0.25) is 0 Å². The highest BCUT2D eigenvalue weighted by atomic mass is 16.5. The number of amides is 1. The largest absolute Gasteiger partial charge is 0.457 e. The Balaban J connectivity index is 1.57.